The van der Waals surface area contributed by atoms with Gasteiger partial charge >= 0.3 is 12.1 Å². The first-order chi connectivity index (χ1) is 32.2. The molecule has 0 saturated carbocycles. The molecule has 4 rings (SSSR count). The van der Waals surface area contributed by atoms with Gasteiger partial charge in [-0.2, -0.15) is 0 Å². The Kier molecular flexibility index (Phi) is 20.5. The highest BCUT2D eigenvalue weighted by Gasteiger charge is 2.39. The van der Waals surface area contributed by atoms with E-state index in [9.17, 15) is 38.7 Å². The highest BCUT2D eigenvalue weighted by atomic mass is 16.6. The van der Waals surface area contributed by atoms with Crippen LogP contribution in [0.3, 0.4) is 0 Å². The van der Waals surface area contributed by atoms with Crippen LogP contribution in [0.2, 0.25) is 0 Å². The molecule has 1 unspecified atom stereocenters. The van der Waals surface area contributed by atoms with E-state index in [2.05, 4.69) is 26.6 Å². The van der Waals surface area contributed by atoms with Crippen molar-refractivity contribution in [1.82, 2.24) is 31.5 Å². The lowest BCUT2D eigenvalue weighted by Gasteiger charge is -2.33. The Bertz CT molecular complexity index is 2150. The minimum atomic E-state index is -1.52. The van der Waals surface area contributed by atoms with Gasteiger partial charge in [-0.3, -0.25) is 28.9 Å². The van der Waals surface area contributed by atoms with Gasteiger partial charge in [0.2, 0.25) is 29.5 Å². The number of likely N-dealkylation sites (tertiary alicyclic amines) is 1. The zero-order chi connectivity index (χ0) is 50.1. The third-order valence-corrected chi connectivity index (χ3v) is 11.9. The molecule has 1 aliphatic heterocycles. The van der Waals surface area contributed by atoms with E-state index in [1.807, 2.05) is 98.8 Å². The van der Waals surface area contributed by atoms with Crippen LogP contribution in [0.25, 0.3) is 11.1 Å². The van der Waals surface area contributed by atoms with Gasteiger partial charge in [-0.25, -0.2) is 9.59 Å². The first-order valence-corrected chi connectivity index (χ1v) is 23.4. The van der Waals surface area contributed by atoms with Crippen LogP contribution in [0.1, 0.15) is 85.3 Å². The molecular weight excluding hydrogens is 871 g/mol. The number of primary amides is 1. The number of nitrogens with two attached hydrogens (primary N) is 1. The zero-order valence-electron chi connectivity index (χ0n) is 40.6. The molecule has 68 heavy (non-hydrogen) atoms. The maximum absolute atomic E-state index is 14.2. The molecule has 8 N–H and O–H groups in total. The van der Waals surface area contributed by atoms with Crippen molar-refractivity contribution in [3.05, 3.63) is 96.1 Å². The number of hydrogen-bond acceptors (Lipinski definition) is 11. The molecule has 0 aliphatic carbocycles. The number of rotatable bonds is 23. The molecule has 6 amide bonds. The van der Waals surface area contributed by atoms with Gasteiger partial charge in [0.15, 0.2) is 0 Å². The molecule has 17 nitrogen and oxygen atoms in total. The van der Waals surface area contributed by atoms with Gasteiger partial charge in [0.1, 0.15) is 29.8 Å². The van der Waals surface area contributed by atoms with E-state index in [1.165, 1.54) is 7.11 Å². The number of β-amino-alcohol motifs (C(OH)–C–C–N with tert-alkyl or cyclic N) is 1. The molecular formula is C51H71N7O10. The summed E-state index contributed by atoms with van der Waals surface area (Å²) < 4.78 is 10.4. The summed E-state index contributed by atoms with van der Waals surface area (Å²) in [6.45, 7) is 12.7. The third kappa shape index (κ3) is 16.8. The minimum absolute atomic E-state index is 0.000285. The van der Waals surface area contributed by atoms with Crippen LogP contribution in [-0.4, -0.2) is 120 Å². The maximum atomic E-state index is 14.2. The van der Waals surface area contributed by atoms with Crippen molar-refractivity contribution in [2.24, 2.45) is 17.6 Å². The Morgan fingerprint density at radius 3 is 1.90 bits per heavy atom. The van der Waals surface area contributed by atoms with Crippen molar-refractivity contribution in [2.45, 2.75) is 135 Å². The molecule has 0 spiro atoms. The summed E-state index contributed by atoms with van der Waals surface area (Å²) in [5, 5.41) is 25.7. The largest absolute Gasteiger partial charge is 0.467 e. The normalized spacial score (nSPS) is 17.0. The summed E-state index contributed by atoms with van der Waals surface area (Å²) in [7, 11) is 1.24. The molecule has 0 radical (unpaired) electrons. The topological polar surface area (TPSA) is 248 Å². The number of ether oxygens (including phenoxy) is 2. The number of benzene rings is 3. The van der Waals surface area contributed by atoms with E-state index in [0.717, 1.165) is 16.7 Å². The quantitative estimate of drug-likeness (QED) is 0.0678. The monoisotopic (exact) mass is 942 g/mol. The number of aliphatic hydroxyl groups is 1. The number of alkyl carbamates (subject to hydrolysis) is 1. The number of amides is 6. The lowest BCUT2D eigenvalue weighted by atomic mass is 9.96. The number of nitrogens with one attached hydrogen (secondary N) is 5. The highest BCUT2D eigenvalue weighted by Crippen LogP contribution is 2.22. The Morgan fingerprint density at radius 2 is 1.32 bits per heavy atom. The molecule has 3 aromatic rings. The van der Waals surface area contributed by atoms with Crippen LogP contribution in [-0.2, 0) is 51.1 Å². The average Bonchev–Trinajstić information content (AvgIpc) is 3.76. The summed E-state index contributed by atoms with van der Waals surface area (Å²) in [6, 6.07) is 19.9. The fourth-order valence-electron chi connectivity index (χ4n) is 8.00. The van der Waals surface area contributed by atoms with Crippen molar-refractivity contribution < 1.29 is 48.1 Å². The van der Waals surface area contributed by atoms with Gasteiger partial charge in [0.05, 0.1) is 31.7 Å². The predicted molar refractivity (Wildman–Crippen MR) is 257 cm³/mol. The number of aliphatic hydroxyl groups excluding tert-OH is 1. The predicted octanol–water partition coefficient (Wildman–Crippen LogP) is 3.55. The van der Waals surface area contributed by atoms with Crippen LogP contribution < -0.4 is 32.3 Å². The Balaban J connectivity index is 1.54. The van der Waals surface area contributed by atoms with Crippen LogP contribution in [0, 0.1) is 11.8 Å². The average molecular weight is 942 g/mol. The van der Waals surface area contributed by atoms with Crippen molar-refractivity contribution in [3.63, 3.8) is 0 Å². The van der Waals surface area contributed by atoms with Gasteiger partial charge in [-0.05, 0) is 80.7 Å². The number of nitrogens with zero attached hydrogens (tertiary/aromatic N) is 1. The molecule has 3 aromatic carbocycles. The summed E-state index contributed by atoms with van der Waals surface area (Å²) in [6.07, 6.45) is -1.02. The second-order valence-electron chi connectivity index (χ2n) is 18.8. The number of methoxy groups -OCH3 is 1. The number of carbonyl (C=O) groups is 7. The van der Waals surface area contributed by atoms with Crippen molar-refractivity contribution in [2.75, 3.05) is 20.2 Å². The van der Waals surface area contributed by atoms with E-state index in [4.69, 9.17) is 15.2 Å². The summed E-state index contributed by atoms with van der Waals surface area (Å²) in [5.41, 5.74) is 8.12. The van der Waals surface area contributed by atoms with Crippen LogP contribution >= 0.6 is 0 Å². The fraction of sp³-hybridized carbons (Fsp3) is 0.510. The SMILES string of the molecule is CC[C@H](C)[C@H](NC(=O)C1CCCN1C[C@@H](O)[C@H](Cc1ccccc1)NC(=O)[C@H](CC(N)=O)NC(=O)[C@H](Cc1ccc(-c2ccccc2)cc1)NC(=O)OC(C)(C)C)C(=O)N[C@H](C(=O)OC)C(C)C. The molecule has 8 atom stereocenters. The van der Waals surface area contributed by atoms with E-state index < -0.39 is 96.0 Å². The van der Waals surface area contributed by atoms with E-state index >= 15 is 0 Å². The zero-order valence-corrected chi connectivity index (χ0v) is 40.6. The smallest absolute Gasteiger partial charge is 0.408 e. The molecule has 370 valence electrons. The van der Waals surface area contributed by atoms with Gasteiger partial charge in [0.25, 0.3) is 0 Å². The Hall–Kier alpha value is -6.33. The molecule has 1 aliphatic rings. The van der Waals surface area contributed by atoms with Crippen molar-refractivity contribution >= 4 is 41.6 Å². The Morgan fingerprint density at radius 1 is 0.735 bits per heavy atom. The fourth-order valence-corrected chi connectivity index (χ4v) is 8.00. The van der Waals surface area contributed by atoms with E-state index in [1.54, 1.807) is 39.5 Å². The highest BCUT2D eigenvalue weighted by molar-refractivity contribution is 5.94. The Labute approximate surface area is 400 Å². The van der Waals surface area contributed by atoms with E-state index in [0.29, 0.717) is 31.4 Å². The molecule has 1 heterocycles. The number of carbonyl (C=O) groups excluding carboxylic acids is 7. The van der Waals surface area contributed by atoms with Gasteiger partial charge in [-0.15, -0.1) is 0 Å². The van der Waals surface area contributed by atoms with Gasteiger partial charge < -0.3 is 46.9 Å². The molecule has 0 bridgehead atoms. The summed E-state index contributed by atoms with van der Waals surface area (Å²) in [4.78, 5) is 95.8. The summed E-state index contributed by atoms with van der Waals surface area (Å²) >= 11 is 0. The van der Waals surface area contributed by atoms with Crippen LogP contribution in [0.4, 0.5) is 4.79 Å². The molecule has 17 heteroatoms. The standard InChI is InChI=1S/C51H71N7O10/c1-9-32(4)44(48(64)56-43(31(2)3)49(65)67-8)57-47(63)40-21-16-26-58(40)30-41(59)37(27-33-17-12-10-13-18-33)53-46(62)39(29-42(52)60)54-45(61)38(55-50(66)68-51(5,6)7)28-34-22-24-36(25-23-34)35-19-14-11-15-20-35/h10-15,17-20,22-25,31-32,37-41,43-44,59H,9,16,21,26-30H2,1-8H3,(H2,52,60)(H,53,62)(H,54,61)(H,55,66)(H,56,64)(H,57,63)/t32-,37-,38-,39-,40?,41+,43-,44-/m0/s1. The number of hydrogen-bond donors (Lipinski definition) is 7. The van der Waals surface area contributed by atoms with Crippen molar-refractivity contribution in [3.8, 4) is 11.1 Å². The van der Waals surface area contributed by atoms with Crippen LogP contribution in [0.5, 0.6) is 0 Å². The van der Waals surface area contributed by atoms with Gasteiger partial charge in [0, 0.05) is 13.0 Å². The van der Waals surface area contributed by atoms with Crippen molar-refractivity contribution in [1.29, 1.82) is 0 Å². The van der Waals surface area contributed by atoms with Gasteiger partial charge in [-0.1, -0.05) is 119 Å². The van der Waals surface area contributed by atoms with E-state index in [-0.39, 0.29) is 31.2 Å². The number of esters is 1. The maximum Gasteiger partial charge on any atom is 0.408 e. The first kappa shape index (κ1) is 54.3. The third-order valence-electron chi connectivity index (χ3n) is 11.9. The minimum Gasteiger partial charge on any atom is -0.467 e. The first-order valence-electron chi connectivity index (χ1n) is 23.4. The molecule has 1 fully saturated rings. The second kappa shape index (κ2) is 25.7. The lowest BCUT2D eigenvalue weighted by molar-refractivity contribution is -0.147. The van der Waals surface area contributed by atoms with Crippen LogP contribution in [0.15, 0.2) is 84.9 Å². The second-order valence-corrected chi connectivity index (χ2v) is 18.8. The lowest BCUT2D eigenvalue weighted by Crippen LogP contribution is -2.59. The summed E-state index contributed by atoms with van der Waals surface area (Å²) in [5.74, 6) is -4.60. The molecule has 0 aromatic heterocycles. The molecule has 1 saturated heterocycles.